The van der Waals surface area contributed by atoms with Gasteiger partial charge in [-0.1, -0.05) is 78.9 Å². The van der Waals surface area contributed by atoms with Crippen LogP contribution < -0.4 is 0 Å². The standard InChI is InChI=1S/C19H16O2S/c20-22(18-14-8-3-9-15-18)21-19(16-10-4-1-5-11-16)17-12-6-2-7-13-17/h1-15,19H. The Balaban J connectivity index is 1.91. The Morgan fingerprint density at radius 2 is 1.05 bits per heavy atom. The largest absolute Gasteiger partial charge is 0.274 e. The minimum atomic E-state index is -1.51. The Morgan fingerprint density at radius 1 is 0.636 bits per heavy atom. The van der Waals surface area contributed by atoms with Gasteiger partial charge in [-0.05, 0) is 23.3 Å². The molecule has 1 atom stereocenters. The highest BCUT2D eigenvalue weighted by Gasteiger charge is 2.18. The van der Waals surface area contributed by atoms with Crippen LogP contribution in [0.2, 0.25) is 0 Å². The maximum absolute atomic E-state index is 12.5. The summed E-state index contributed by atoms with van der Waals surface area (Å²) in [5.74, 6) is 0. The van der Waals surface area contributed by atoms with E-state index in [4.69, 9.17) is 4.18 Å². The summed E-state index contributed by atoms with van der Waals surface area (Å²) in [6, 6.07) is 28.9. The lowest BCUT2D eigenvalue weighted by atomic mass is 10.0. The van der Waals surface area contributed by atoms with Gasteiger partial charge in [0, 0.05) is 0 Å². The van der Waals surface area contributed by atoms with Gasteiger partial charge in [0.15, 0.2) is 11.1 Å². The molecule has 0 heterocycles. The fourth-order valence-corrected chi connectivity index (χ4v) is 3.12. The summed E-state index contributed by atoms with van der Waals surface area (Å²) >= 11 is -1.51. The molecule has 3 heteroatoms. The lowest BCUT2D eigenvalue weighted by Crippen LogP contribution is -2.08. The van der Waals surface area contributed by atoms with Crippen LogP contribution in [0.1, 0.15) is 17.2 Å². The van der Waals surface area contributed by atoms with E-state index >= 15 is 0 Å². The van der Waals surface area contributed by atoms with Gasteiger partial charge >= 0.3 is 0 Å². The fraction of sp³-hybridized carbons (Fsp3) is 0.0526. The minimum Gasteiger partial charge on any atom is -0.274 e. The van der Waals surface area contributed by atoms with Gasteiger partial charge in [-0.15, -0.1) is 0 Å². The molecule has 1 unspecified atom stereocenters. The van der Waals surface area contributed by atoms with Crippen molar-refractivity contribution >= 4 is 11.1 Å². The lowest BCUT2D eigenvalue weighted by molar-refractivity contribution is 0.275. The van der Waals surface area contributed by atoms with Crippen LogP contribution in [0.5, 0.6) is 0 Å². The van der Waals surface area contributed by atoms with Crippen LogP contribution in [0, 0.1) is 0 Å². The van der Waals surface area contributed by atoms with Crippen LogP contribution in [-0.2, 0) is 15.3 Å². The van der Waals surface area contributed by atoms with E-state index in [9.17, 15) is 4.21 Å². The van der Waals surface area contributed by atoms with Crippen LogP contribution >= 0.6 is 0 Å². The quantitative estimate of drug-likeness (QED) is 0.693. The van der Waals surface area contributed by atoms with Crippen molar-refractivity contribution in [1.29, 1.82) is 0 Å². The summed E-state index contributed by atoms with van der Waals surface area (Å²) in [4.78, 5) is 0.666. The predicted molar refractivity (Wildman–Crippen MR) is 88.7 cm³/mol. The molecule has 110 valence electrons. The molecule has 0 aliphatic heterocycles. The SMILES string of the molecule is O=S(OC(c1ccccc1)c1ccccc1)c1ccccc1. The van der Waals surface area contributed by atoms with Gasteiger partial charge in [-0.25, -0.2) is 4.21 Å². The second-order valence-electron chi connectivity index (χ2n) is 4.85. The summed E-state index contributed by atoms with van der Waals surface area (Å²) in [6.07, 6.45) is -0.358. The smallest absolute Gasteiger partial charge is 0.190 e. The van der Waals surface area contributed by atoms with Crippen molar-refractivity contribution in [2.75, 3.05) is 0 Å². The first-order chi connectivity index (χ1) is 10.8. The third-order valence-corrected chi connectivity index (χ3v) is 4.35. The summed E-state index contributed by atoms with van der Waals surface area (Å²) in [6.45, 7) is 0. The molecule has 3 rings (SSSR count). The number of hydrogen-bond acceptors (Lipinski definition) is 2. The van der Waals surface area contributed by atoms with E-state index in [-0.39, 0.29) is 6.10 Å². The second-order valence-corrected chi connectivity index (χ2v) is 5.98. The van der Waals surface area contributed by atoms with Crippen LogP contribution in [-0.4, -0.2) is 4.21 Å². The van der Waals surface area contributed by atoms with Gasteiger partial charge in [0.2, 0.25) is 0 Å². The van der Waals surface area contributed by atoms with E-state index in [1.807, 2.05) is 91.0 Å². The van der Waals surface area contributed by atoms with Crippen molar-refractivity contribution in [2.45, 2.75) is 11.0 Å². The van der Waals surface area contributed by atoms with E-state index < -0.39 is 11.1 Å². The molecule has 0 radical (unpaired) electrons. The highest BCUT2D eigenvalue weighted by molar-refractivity contribution is 7.80. The highest BCUT2D eigenvalue weighted by atomic mass is 32.2. The maximum atomic E-state index is 12.5. The molecular formula is C19H16O2S. The van der Waals surface area contributed by atoms with Crippen molar-refractivity contribution in [3.05, 3.63) is 102 Å². The summed E-state index contributed by atoms with van der Waals surface area (Å²) in [5.41, 5.74) is 1.97. The average Bonchev–Trinajstić information content (AvgIpc) is 2.62. The summed E-state index contributed by atoms with van der Waals surface area (Å²) < 4.78 is 18.4. The van der Waals surface area contributed by atoms with Crippen LogP contribution in [0.3, 0.4) is 0 Å². The van der Waals surface area contributed by atoms with Gasteiger partial charge in [-0.2, -0.15) is 0 Å². The molecule has 0 spiro atoms. The van der Waals surface area contributed by atoms with Crippen molar-refractivity contribution in [2.24, 2.45) is 0 Å². The van der Waals surface area contributed by atoms with Gasteiger partial charge in [0.1, 0.15) is 6.10 Å². The van der Waals surface area contributed by atoms with E-state index in [0.717, 1.165) is 11.1 Å². The first kappa shape index (κ1) is 14.7. The molecule has 3 aromatic rings. The number of hydrogen-bond donors (Lipinski definition) is 0. The molecule has 0 saturated carbocycles. The normalized spacial score (nSPS) is 12.2. The lowest BCUT2D eigenvalue weighted by Gasteiger charge is -2.17. The van der Waals surface area contributed by atoms with Crippen molar-refractivity contribution in [3.8, 4) is 0 Å². The third-order valence-electron chi connectivity index (χ3n) is 3.32. The average molecular weight is 308 g/mol. The van der Waals surface area contributed by atoms with Crippen molar-refractivity contribution in [3.63, 3.8) is 0 Å². The summed E-state index contributed by atoms with van der Waals surface area (Å²) in [5, 5.41) is 0. The topological polar surface area (TPSA) is 26.3 Å². The monoisotopic (exact) mass is 308 g/mol. The minimum absolute atomic E-state index is 0.358. The Bertz CT molecular complexity index is 688. The van der Waals surface area contributed by atoms with Crippen molar-refractivity contribution in [1.82, 2.24) is 0 Å². The molecule has 0 aliphatic carbocycles. The van der Waals surface area contributed by atoms with Crippen LogP contribution in [0.4, 0.5) is 0 Å². The third kappa shape index (κ3) is 3.50. The molecule has 2 nitrogen and oxygen atoms in total. The Morgan fingerprint density at radius 3 is 1.50 bits per heavy atom. The Hall–Kier alpha value is -2.23. The molecule has 0 aromatic heterocycles. The van der Waals surface area contributed by atoms with E-state index in [1.54, 1.807) is 0 Å². The number of benzene rings is 3. The molecule has 0 N–H and O–H groups in total. The molecule has 22 heavy (non-hydrogen) atoms. The van der Waals surface area contributed by atoms with Crippen LogP contribution in [0.25, 0.3) is 0 Å². The molecule has 3 aromatic carbocycles. The molecule has 0 bridgehead atoms. The maximum Gasteiger partial charge on any atom is 0.190 e. The van der Waals surface area contributed by atoms with Crippen molar-refractivity contribution < 1.29 is 8.39 Å². The van der Waals surface area contributed by atoms with Gasteiger partial charge < -0.3 is 0 Å². The molecule has 0 aliphatic rings. The Kier molecular flexibility index (Phi) is 4.78. The first-order valence-electron chi connectivity index (χ1n) is 7.08. The molecular weight excluding hydrogens is 292 g/mol. The van der Waals surface area contributed by atoms with E-state index in [1.165, 1.54) is 0 Å². The molecule has 0 fully saturated rings. The van der Waals surface area contributed by atoms with Gasteiger partial charge in [0.25, 0.3) is 0 Å². The fourth-order valence-electron chi connectivity index (χ4n) is 2.23. The highest BCUT2D eigenvalue weighted by Crippen LogP contribution is 2.28. The summed E-state index contributed by atoms with van der Waals surface area (Å²) in [7, 11) is 0. The van der Waals surface area contributed by atoms with Crippen LogP contribution in [0.15, 0.2) is 95.9 Å². The molecule has 0 saturated heterocycles. The zero-order valence-corrected chi connectivity index (χ0v) is 12.8. The van der Waals surface area contributed by atoms with E-state index in [2.05, 4.69) is 0 Å². The number of rotatable bonds is 5. The predicted octanol–water partition coefficient (Wildman–Crippen LogP) is 4.52. The Labute approximate surface area is 133 Å². The second kappa shape index (κ2) is 7.16. The zero-order valence-electron chi connectivity index (χ0n) is 12.0. The first-order valence-corrected chi connectivity index (χ1v) is 8.16. The van der Waals surface area contributed by atoms with Gasteiger partial charge in [0.05, 0.1) is 4.90 Å². The van der Waals surface area contributed by atoms with Gasteiger partial charge in [-0.3, -0.25) is 4.18 Å². The molecule has 0 amide bonds. The van der Waals surface area contributed by atoms with E-state index in [0.29, 0.717) is 4.90 Å². The zero-order chi connectivity index (χ0) is 15.2.